The van der Waals surface area contributed by atoms with Crippen LogP contribution in [-0.4, -0.2) is 66.6 Å². The number of benzene rings is 1. The summed E-state index contributed by atoms with van der Waals surface area (Å²) in [7, 11) is 0. The number of piperazine rings is 1. The van der Waals surface area contributed by atoms with E-state index in [1.807, 2.05) is 29.2 Å². The number of carbonyl (C=O) groups excluding carboxylic acids is 2. The van der Waals surface area contributed by atoms with E-state index in [2.05, 4.69) is 17.1 Å². The van der Waals surface area contributed by atoms with Crippen molar-refractivity contribution in [2.24, 2.45) is 0 Å². The van der Waals surface area contributed by atoms with Gasteiger partial charge in [0.15, 0.2) is 0 Å². The molecule has 0 radical (unpaired) electrons. The lowest BCUT2D eigenvalue weighted by atomic mass is 10.3. The number of rotatable bonds is 8. The van der Waals surface area contributed by atoms with Crippen LogP contribution in [0.25, 0.3) is 0 Å². The van der Waals surface area contributed by atoms with E-state index in [0.29, 0.717) is 30.4 Å². The van der Waals surface area contributed by atoms with Crippen molar-refractivity contribution in [3.05, 3.63) is 29.3 Å². The standard InChI is InChI=1S/C18H26ClN3O2S/c1-2-3-8-20-17(23)13-21-9-11-22(12-10-21)18(24)14-25-16-7-5-4-6-15(16)19/h4-7H,2-3,8-14H2,1H3,(H,20,23). The third-order valence-corrected chi connectivity index (χ3v) is 5.63. The number of nitrogens with one attached hydrogen (secondary N) is 1. The molecule has 0 aromatic heterocycles. The van der Waals surface area contributed by atoms with Crippen molar-refractivity contribution < 1.29 is 9.59 Å². The van der Waals surface area contributed by atoms with Crippen LogP contribution in [0.15, 0.2) is 29.2 Å². The molecule has 2 rings (SSSR count). The van der Waals surface area contributed by atoms with Crippen LogP contribution in [-0.2, 0) is 9.59 Å². The van der Waals surface area contributed by atoms with E-state index in [-0.39, 0.29) is 11.8 Å². The molecule has 1 aromatic carbocycles. The number of hydrogen-bond donors (Lipinski definition) is 1. The maximum Gasteiger partial charge on any atom is 0.234 e. The number of halogens is 1. The van der Waals surface area contributed by atoms with E-state index < -0.39 is 0 Å². The van der Waals surface area contributed by atoms with Gasteiger partial charge in [-0.15, -0.1) is 11.8 Å². The van der Waals surface area contributed by atoms with Gasteiger partial charge < -0.3 is 10.2 Å². The molecule has 1 fully saturated rings. The van der Waals surface area contributed by atoms with Gasteiger partial charge in [0.05, 0.1) is 17.3 Å². The lowest BCUT2D eigenvalue weighted by Gasteiger charge is -2.34. The van der Waals surface area contributed by atoms with Gasteiger partial charge in [-0.05, 0) is 18.6 Å². The fraction of sp³-hybridized carbons (Fsp3) is 0.556. The van der Waals surface area contributed by atoms with E-state index in [0.717, 1.165) is 37.4 Å². The molecular formula is C18H26ClN3O2S. The summed E-state index contributed by atoms with van der Waals surface area (Å²) in [5.74, 6) is 0.584. The number of carbonyl (C=O) groups is 2. The number of amides is 2. The van der Waals surface area contributed by atoms with Crippen LogP contribution in [0, 0.1) is 0 Å². The minimum atomic E-state index is 0.0718. The first-order valence-corrected chi connectivity index (χ1v) is 10.1. The number of nitrogens with zero attached hydrogens (tertiary/aromatic N) is 2. The lowest BCUT2D eigenvalue weighted by molar-refractivity contribution is -0.130. The van der Waals surface area contributed by atoms with Gasteiger partial charge >= 0.3 is 0 Å². The largest absolute Gasteiger partial charge is 0.355 e. The molecule has 1 heterocycles. The molecule has 0 spiro atoms. The molecule has 0 atom stereocenters. The van der Waals surface area contributed by atoms with Crippen molar-refractivity contribution in [3.63, 3.8) is 0 Å². The van der Waals surface area contributed by atoms with Crippen LogP contribution in [0.2, 0.25) is 5.02 Å². The summed E-state index contributed by atoms with van der Waals surface area (Å²) in [4.78, 5) is 29.1. The molecular weight excluding hydrogens is 358 g/mol. The molecule has 0 saturated carbocycles. The fourth-order valence-electron chi connectivity index (χ4n) is 2.61. The summed E-state index contributed by atoms with van der Waals surface area (Å²) in [6.45, 7) is 6.08. The zero-order valence-corrected chi connectivity index (χ0v) is 16.2. The molecule has 1 saturated heterocycles. The second-order valence-corrected chi connectivity index (χ2v) is 7.50. The van der Waals surface area contributed by atoms with Crippen LogP contribution in [0.3, 0.4) is 0 Å². The fourth-order valence-corrected chi connectivity index (χ4v) is 3.75. The molecule has 138 valence electrons. The number of hydrogen-bond acceptors (Lipinski definition) is 4. The Bertz CT molecular complexity index is 577. The Morgan fingerprint density at radius 1 is 1.20 bits per heavy atom. The van der Waals surface area contributed by atoms with E-state index in [4.69, 9.17) is 11.6 Å². The first kappa shape index (κ1) is 20.1. The Morgan fingerprint density at radius 2 is 1.92 bits per heavy atom. The average Bonchev–Trinajstić information content (AvgIpc) is 2.61. The van der Waals surface area contributed by atoms with Crippen molar-refractivity contribution in [1.29, 1.82) is 0 Å². The highest BCUT2D eigenvalue weighted by Crippen LogP contribution is 2.26. The molecule has 0 bridgehead atoms. The molecule has 0 unspecified atom stereocenters. The van der Waals surface area contributed by atoms with Crippen molar-refractivity contribution in [3.8, 4) is 0 Å². The highest BCUT2D eigenvalue weighted by atomic mass is 35.5. The second kappa shape index (κ2) is 10.7. The monoisotopic (exact) mass is 383 g/mol. The van der Waals surface area contributed by atoms with Gasteiger partial charge in [0.1, 0.15) is 0 Å². The van der Waals surface area contributed by atoms with Crippen molar-refractivity contribution in [2.45, 2.75) is 24.7 Å². The van der Waals surface area contributed by atoms with Crippen LogP contribution in [0.1, 0.15) is 19.8 Å². The minimum Gasteiger partial charge on any atom is -0.355 e. The smallest absolute Gasteiger partial charge is 0.234 e. The van der Waals surface area contributed by atoms with Crippen LogP contribution in [0.4, 0.5) is 0 Å². The lowest BCUT2D eigenvalue weighted by Crippen LogP contribution is -2.51. The molecule has 1 aliphatic heterocycles. The molecule has 1 N–H and O–H groups in total. The average molecular weight is 384 g/mol. The summed E-state index contributed by atoms with van der Waals surface area (Å²) in [5.41, 5.74) is 0. The number of thioether (sulfide) groups is 1. The molecule has 7 heteroatoms. The van der Waals surface area contributed by atoms with Crippen molar-refractivity contribution >= 4 is 35.2 Å². The Hall–Kier alpha value is -1.24. The summed E-state index contributed by atoms with van der Waals surface area (Å²) in [6, 6.07) is 7.56. The Morgan fingerprint density at radius 3 is 2.60 bits per heavy atom. The topological polar surface area (TPSA) is 52.7 Å². The van der Waals surface area contributed by atoms with Gasteiger partial charge in [-0.1, -0.05) is 37.1 Å². The van der Waals surface area contributed by atoms with Gasteiger partial charge in [0, 0.05) is 37.6 Å². The zero-order valence-electron chi connectivity index (χ0n) is 14.7. The van der Waals surface area contributed by atoms with Gasteiger partial charge in [0.25, 0.3) is 0 Å². The maximum atomic E-state index is 12.4. The van der Waals surface area contributed by atoms with Gasteiger partial charge in [-0.25, -0.2) is 0 Å². The first-order valence-electron chi connectivity index (χ1n) is 8.74. The number of unbranched alkanes of at least 4 members (excludes halogenated alkanes) is 1. The zero-order chi connectivity index (χ0) is 18.1. The summed E-state index contributed by atoms with van der Waals surface area (Å²) in [5, 5.41) is 3.61. The summed E-state index contributed by atoms with van der Waals surface area (Å²) in [6.07, 6.45) is 2.09. The van der Waals surface area contributed by atoms with Crippen LogP contribution in [0.5, 0.6) is 0 Å². The van der Waals surface area contributed by atoms with E-state index in [9.17, 15) is 9.59 Å². The molecule has 2 amide bonds. The minimum absolute atomic E-state index is 0.0718. The highest BCUT2D eigenvalue weighted by molar-refractivity contribution is 8.00. The van der Waals surface area contributed by atoms with Crippen LogP contribution >= 0.6 is 23.4 Å². The van der Waals surface area contributed by atoms with Crippen molar-refractivity contribution in [1.82, 2.24) is 15.1 Å². The van der Waals surface area contributed by atoms with E-state index in [1.54, 1.807) is 0 Å². The Kier molecular flexibility index (Phi) is 8.58. The molecule has 5 nitrogen and oxygen atoms in total. The Labute approximate surface area is 159 Å². The van der Waals surface area contributed by atoms with Crippen LogP contribution < -0.4 is 5.32 Å². The highest BCUT2D eigenvalue weighted by Gasteiger charge is 2.22. The molecule has 1 aromatic rings. The van der Waals surface area contributed by atoms with Crippen molar-refractivity contribution in [2.75, 3.05) is 45.0 Å². The summed E-state index contributed by atoms with van der Waals surface area (Å²) >= 11 is 7.59. The normalized spacial score (nSPS) is 15.2. The third kappa shape index (κ3) is 6.88. The van der Waals surface area contributed by atoms with Gasteiger partial charge in [0.2, 0.25) is 11.8 Å². The summed E-state index contributed by atoms with van der Waals surface area (Å²) < 4.78 is 0. The van der Waals surface area contributed by atoms with Gasteiger partial charge in [-0.2, -0.15) is 0 Å². The SMILES string of the molecule is CCCCNC(=O)CN1CCN(C(=O)CSc2ccccc2Cl)CC1. The van der Waals surface area contributed by atoms with E-state index >= 15 is 0 Å². The quantitative estimate of drug-likeness (QED) is 0.553. The third-order valence-electron chi connectivity index (χ3n) is 4.13. The molecule has 25 heavy (non-hydrogen) atoms. The predicted molar refractivity (Wildman–Crippen MR) is 103 cm³/mol. The van der Waals surface area contributed by atoms with E-state index in [1.165, 1.54) is 11.8 Å². The maximum absolute atomic E-state index is 12.4. The second-order valence-electron chi connectivity index (χ2n) is 6.08. The predicted octanol–water partition coefficient (Wildman–Crippen LogP) is 2.49. The Balaban J connectivity index is 1.68. The first-order chi connectivity index (χ1) is 12.1. The van der Waals surface area contributed by atoms with Gasteiger partial charge in [-0.3, -0.25) is 14.5 Å². The molecule has 1 aliphatic rings. The molecule has 0 aliphatic carbocycles.